The van der Waals surface area contributed by atoms with E-state index in [2.05, 4.69) is 10.1 Å². The molecule has 2 rings (SSSR count). The van der Waals surface area contributed by atoms with E-state index in [0.29, 0.717) is 57.6 Å². The van der Waals surface area contributed by atoms with E-state index in [0.717, 1.165) is 0 Å². The summed E-state index contributed by atoms with van der Waals surface area (Å²) in [5, 5.41) is 13.7. The SMILES string of the molecule is COCCOCCc1noc(C2COCCC2O)n1. The van der Waals surface area contributed by atoms with Crippen LogP contribution in [0.1, 0.15) is 24.1 Å². The second-order valence-corrected chi connectivity index (χ2v) is 4.44. The van der Waals surface area contributed by atoms with Gasteiger partial charge in [-0.25, -0.2) is 0 Å². The van der Waals surface area contributed by atoms with Gasteiger partial charge in [0.2, 0.25) is 5.89 Å². The molecule has 2 unspecified atom stereocenters. The molecule has 2 heterocycles. The molecule has 7 heteroatoms. The summed E-state index contributed by atoms with van der Waals surface area (Å²) in [6.45, 7) is 2.64. The second-order valence-electron chi connectivity index (χ2n) is 4.44. The highest BCUT2D eigenvalue weighted by molar-refractivity contribution is 4.99. The molecule has 2 atom stereocenters. The summed E-state index contributed by atoms with van der Waals surface area (Å²) >= 11 is 0. The molecule has 0 radical (unpaired) electrons. The lowest BCUT2D eigenvalue weighted by Crippen LogP contribution is -2.30. The highest BCUT2D eigenvalue weighted by Gasteiger charge is 2.30. The smallest absolute Gasteiger partial charge is 0.234 e. The van der Waals surface area contributed by atoms with E-state index in [-0.39, 0.29) is 5.92 Å². The molecule has 7 nitrogen and oxygen atoms in total. The third-order valence-corrected chi connectivity index (χ3v) is 3.02. The molecule has 0 saturated carbocycles. The topological polar surface area (TPSA) is 86.8 Å². The maximum absolute atomic E-state index is 9.86. The van der Waals surface area contributed by atoms with Crippen LogP contribution in [0.2, 0.25) is 0 Å². The molecule has 0 bridgehead atoms. The van der Waals surface area contributed by atoms with E-state index in [1.54, 1.807) is 7.11 Å². The van der Waals surface area contributed by atoms with Crippen molar-refractivity contribution in [3.05, 3.63) is 11.7 Å². The van der Waals surface area contributed by atoms with Crippen molar-refractivity contribution in [1.82, 2.24) is 10.1 Å². The van der Waals surface area contributed by atoms with Crippen LogP contribution >= 0.6 is 0 Å². The second kappa shape index (κ2) is 7.54. The number of aliphatic hydroxyl groups excluding tert-OH is 1. The van der Waals surface area contributed by atoms with Gasteiger partial charge in [-0.2, -0.15) is 4.98 Å². The van der Waals surface area contributed by atoms with Gasteiger partial charge in [-0.1, -0.05) is 5.16 Å². The molecular formula is C12H20N2O5. The summed E-state index contributed by atoms with van der Waals surface area (Å²) in [4.78, 5) is 4.27. The van der Waals surface area contributed by atoms with Gasteiger partial charge in [0.1, 0.15) is 0 Å². The zero-order valence-electron chi connectivity index (χ0n) is 11.1. The van der Waals surface area contributed by atoms with Crippen LogP contribution in [-0.4, -0.2) is 61.5 Å². The quantitative estimate of drug-likeness (QED) is 0.706. The predicted octanol–water partition coefficient (Wildman–Crippen LogP) is 0.140. The minimum atomic E-state index is -0.472. The summed E-state index contributed by atoms with van der Waals surface area (Å²) in [5.41, 5.74) is 0. The molecule has 0 amide bonds. The van der Waals surface area contributed by atoms with Crippen LogP contribution in [0, 0.1) is 0 Å². The first-order chi connectivity index (χ1) is 9.31. The van der Waals surface area contributed by atoms with E-state index in [4.69, 9.17) is 18.7 Å². The average molecular weight is 272 g/mol. The molecule has 1 aliphatic rings. The van der Waals surface area contributed by atoms with Crippen molar-refractivity contribution in [1.29, 1.82) is 0 Å². The summed E-state index contributed by atoms with van der Waals surface area (Å²) in [7, 11) is 1.63. The van der Waals surface area contributed by atoms with E-state index in [1.165, 1.54) is 0 Å². The van der Waals surface area contributed by atoms with Gasteiger partial charge in [-0.3, -0.25) is 0 Å². The third kappa shape index (κ3) is 4.24. The minimum Gasteiger partial charge on any atom is -0.392 e. The lowest BCUT2D eigenvalue weighted by atomic mass is 9.99. The highest BCUT2D eigenvalue weighted by Crippen LogP contribution is 2.24. The van der Waals surface area contributed by atoms with Crippen molar-refractivity contribution < 1.29 is 23.8 Å². The molecule has 1 aromatic heterocycles. The summed E-state index contributed by atoms with van der Waals surface area (Å²) < 4.78 is 20.7. The first-order valence-electron chi connectivity index (χ1n) is 6.46. The van der Waals surface area contributed by atoms with Gasteiger partial charge in [0.25, 0.3) is 0 Å². The van der Waals surface area contributed by atoms with E-state index < -0.39 is 6.10 Å². The van der Waals surface area contributed by atoms with Crippen molar-refractivity contribution >= 4 is 0 Å². The lowest BCUT2D eigenvalue weighted by Gasteiger charge is -2.24. The zero-order chi connectivity index (χ0) is 13.5. The Balaban J connectivity index is 1.78. The number of ether oxygens (including phenoxy) is 3. The van der Waals surface area contributed by atoms with Crippen molar-refractivity contribution in [3.63, 3.8) is 0 Å². The molecule has 0 spiro atoms. The fourth-order valence-electron chi connectivity index (χ4n) is 1.89. The standard InChI is InChI=1S/C12H20N2O5/c1-16-6-7-17-5-3-11-13-12(19-14-11)9-8-18-4-2-10(9)15/h9-10,15H,2-8H2,1H3. The van der Waals surface area contributed by atoms with Crippen LogP contribution < -0.4 is 0 Å². The third-order valence-electron chi connectivity index (χ3n) is 3.02. The summed E-state index contributed by atoms with van der Waals surface area (Å²) in [5.74, 6) is 0.814. The number of hydrogen-bond acceptors (Lipinski definition) is 7. The first-order valence-corrected chi connectivity index (χ1v) is 6.46. The van der Waals surface area contributed by atoms with Crippen molar-refractivity contribution in [2.75, 3.05) is 40.1 Å². The highest BCUT2D eigenvalue weighted by atomic mass is 16.5. The molecular weight excluding hydrogens is 252 g/mol. The fraction of sp³-hybridized carbons (Fsp3) is 0.833. The lowest BCUT2D eigenvalue weighted by molar-refractivity contribution is -0.0149. The monoisotopic (exact) mass is 272 g/mol. The first kappa shape index (κ1) is 14.4. The molecule has 1 aliphatic heterocycles. The molecule has 0 aromatic carbocycles. The van der Waals surface area contributed by atoms with Gasteiger partial charge in [0, 0.05) is 20.1 Å². The largest absolute Gasteiger partial charge is 0.392 e. The van der Waals surface area contributed by atoms with E-state index >= 15 is 0 Å². The van der Waals surface area contributed by atoms with Gasteiger partial charge in [0.15, 0.2) is 5.82 Å². The Bertz CT molecular complexity index is 371. The minimum absolute atomic E-state index is 0.218. The number of methoxy groups -OCH3 is 1. The number of aliphatic hydroxyl groups is 1. The Morgan fingerprint density at radius 2 is 2.26 bits per heavy atom. The number of aromatic nitrogens is 2. The van der Waals surface area contributed by atoms with Crippen molar-refractivity contribution in [2.45, 2.75) is 24.9 Å². The Kier molecular flexibility index (Phi) is 5.71. The maximum Gasteiger partial charge on any atom is 0.234 e. The van der Waals surface area contributed by atoms with Gasteiger partial charge in [-0.05, 0) is 6.42 Å². The molecule has 1 aromatic rings. The summed E-state index contributed by atoms with van der Waals surface area (Å²) in [6.07, 6.45) is 0.708. The van der Waals surface area contributed by atoms with Crippen LogP contribution in [0.3, 0.4) is 0 Å². The molecule has 108 valence electrons. The normalized spacial score (nSPS) is 23.7. The Hall–Kier alpha value is -1.02. The van der Waals surface area contributed by atoms with Gasteiger partial charge < -0.3 is 23.8 Å². The Labute approximate surface area is 111 Å². The van der Waals surface area contributed by atoms with Gasteiger partial charge >= 0.3 is 0 Å². The molecule has 1 N–H and O–H groups in total. The molecule has 1 fully saturated rings. The van der Waals surface area contributed by atoms with Crippen LogP contribution in [0.4, 0.5) is 0 Å². The van der Waals surface area contributed by atoms with Crippen LogP contribution in [-0.2, 0) is 20.6 Å². The van der Waals surface area contributed by atoms with Crippen LogP contribution in [0.15, 0.2) is 4.52 Å². The van der Waals surface area contributed by atoms with Crippen LogP contribution in [0.5, 0.6) is 0 Å². The summed E-state index contributed by atoms with van der Waals surface area (Å²) in [6, 6.07) is 0. The van der Waals surface area contributed by atoms with Gasteiger partial charge in [-0.15, -0.1) is 0 Å². The molecule has 19 heavy (non-hydrogen) atoms. The zero-order valence-corrected chi connectivity index (χ0v) is 11.1. The molecule has 1 saturated heterocycles. The Morgan fingerprint density at radius 3 is 3.05 bits per heavy atom. The number of nitrogens with zero attached hydrogens (tertiary/aromatic N) is 2. The Morgan fingerprint density at radius 1 is 1.37 bits per heavy atom. The van der Waals surface area contributed by atoms with Crippen molar-refractivity contribution in [2.24, 2.45) is 0 Å². The maximum atomic E-state index is 9.86. The van der Waals surface area contributed by atoms with Crippen molar-refractivity contribution in [3.8, 4) is 0 Å². The van der Waals surface area contributed by atoms with Gasteiger partial charge in [0.05, 0.1) is 38.4 Å². The fourth-order valence-corrected chi connectivity index (χ4v) is 1.89. The number of hydrogen-bond donors (Lipinski definition) is 1. The van der Waals surface area contributed by atoms with E-state index in [9.17, 15) is 5.11 Å². The molecule has 0 aliphatic carbocycles. The number of rotatable bonds is 7. The van der Waals surface area contributed by atoms with E-state index in [1.807, 2.05) is 0 Å². The van der Waals surface area contributed by atoms with Crippen LogP contribution in [0.25, 0.3) is 0 Å². The average Bonchev–Trinajstić information content (AvgIpc) is 2.88. The predicted molar refractivity (Wildman–Crippen MR) is 64.9 cm³/mol.